The first-order valence-electron chi connectivity index (χ1n) is 14.2. The lowest BCUT2D eigenvalue weighted by molar-refractivity contribution is -0.664. The van der Waals surface area contributed by atoms with Crippen molar-refractivity contribution < 1.29 is 22.3 Å². The molecule has 214 valence electrons. The van der Waals surface area contributed by atoms with Crippen LogP contribution in [0.25, 0.3) is 37.8 Å². The molecule has 1 N–H and O–H groups in total. The molecule has 0 spiro atoms. The minimum absolute atomic E-state index is 0.268. The molecule has 0 radical (unpaired) electrons. The highest BCUT2D eigenvalue weighted by molar-refractivity contribution is 7.85. The van der Waals surface area contributed by atoms with E-state index in [2.05, 4.69) is 73.0 Å². The van der Waals surface area contributed by atoms with Gasteiger partial charge in [0, 0.05) is 18.0 Å². The summed E-state index contributed by atoms with van der Waals surface area (Å²) in [7, 11) is -4.05. The number of rotatable bonds is 9. The molecule has 0 saturated heterocycles. The maximum Gasteiger partial charge on any atom is 0.264 e. The van der Waals surface area contributed by atoms with Crippen molar-refractivity contribution in [2.45, 2.75) is 33.2 Å². The second kappa shape index (κ2) is 11.7. The molecule has 4 aromatic carbocycles. The van der Waals surface area contributed by atoms with Crippen molar-refractivity contribution in [2.75, 3.05) is 17.2 Å². The summed E-state index contributed by atoms with van der Waals surface area (Å²) in [5.74, 6) is 1.06. The molecular formula is C34H33N2O4S2+. The van der Waals surface area contributed by atoms with E-state index in [0.717, 1.165) is 40.7 Å². The summed E-state index contributed by atoms with van der Waals surface area (Å²) in [6.07, 6.45) is 9.48. The Bertz CT molecular complexity index is 2000. The molecule has 1 aromatic heterocycles. The van der Waals surface area contributed by atoms with Gasteiger partial charge in [-0.25, -0.2) is 0 Å². The van der Waals surface area contributed by atoms with Crippen molar-refractivity contribution in [3.05, 3.63) is 107 Å². The average molecular weight is 598 g/mol. The van der Waals surface area contributed by atoms with E-state index in [1.165, 1.54) is 26.0 Å². The van der Waals surface area contributed by atoms with Gasteiger partial charge in [-0.15, -0.1) is 0 Å². The largest absolute Gasteiger partial charge is 0.439 e. The van der Waals surface area contributed by atoms with Crippen LogP contribution in [0.2, 0.25) is 0 Å². The number of thiazole rings is 1. The van der Waals surface area contributed by atoms with Crippen LogP contribution in [0.15, 0.2) is 102 Å². The molecule has 8 heteroatoms. The molecule has 5 aromatic rings. The minimum Gasteiger partial charge on any atom is -0.439 e. The maximum absolute atomic E-state index is 11.4. The van der Waals surface area contributed by atoms with Crippen LogP contribution in [-0.4, -0.2) is 25.3 Å². The van der Waals surface area contributed by atoms with Crippen molar-refractivity contribution >= 4 is 65.0 Å². The van der Waals surface area contributed by atoms with Crippen LogP contribution in [0.3, 0.4) is 0 Å². The first-order valence-corrected chi connectivity index (χ1v) is 16.6. The predicted octanol–water partition coefficient (Wildman–Crippen LogP) is 7.88. The van der Waals surface area contributed by atoms with Gasteiger partial charge in [-0.1, -0.05) is 85.0 Å². The summed E-state index contributed by atoms with van der Waals surface area (Å²) >= 11 is 1.79. The van der Waals surface area contributed by atoms with Crippen LogP contribution in [0.1, 0.15) is 31.7 Å². The number of anilines is 1. The van der Waals surface area contributed by atoms with E-state index in [-0.39, 0.29) is 12.2 Å². The number of hydrogen-bond donors (Lipinski definition) is 1. The monoisotopic (exact) mass is 597 g/mol. The summed E-state index contributed by atoms with van der Waals surface area (Å²) in [5, 5.41) is 5.81. The summed E-state index contributed by atoms with van der Waals surface area (Å²) in [6.45, 7) is 5.58. The Morgan fingerprint density at radius 3 is 2.43 bits per heavy atom. The van der Waals surface area contributed by atoms with E-state index in [0.29, 0.717) is 12.4 Å². The maximum atomic E-state index is 11.4. The average Bonchev–Trinajstić information content (AvgIpc) is 3.54. The lowest BCUT2D eigenvalue weighted by Crippen LogP contribution is -2.33. The number of hydrogen-bond acceptors (Lipinski definition) is 5. The molecule has 6 nitrogen and oxygen atoms in total. The van der Waals surface area contributed by atoms with Crippen molar-refractivity contribution in [1.29, 1.82) is 0 Å². The molecule has 1 aliphatic heterocycles. The Labute approximate surface area is 250 Å². The van der Waals surface area contributed by atoms with E-state index in [4.69, 9.17) is 4.74 Å². The zero-order valence-electron chi connectivity index (χ0n) is 23.7. The minimum atomic E-state index is -4.05. The number of benzene rings is 4. The van der Waals surface area contributed by atoms with Gasteiger partial charge in [0.05, 0.1) is 16.8 Å². The molecule has 0 unspecified atom stereocenters. The number of aryl methyl sites for hydroxylation is 1. The van der Waals surface area contributed by atoms with Crippen molar-refractivity contribution in [2.24, 2.45) is 0 Å². The molecule has 0 fully saturated rings. The van der Waals surface area contributed by atoms with Gasteiger partial charge in [-0.05, 0) is 60.4 Å². The van der Waals surface area contributed by atoms with E-state index in [9.17, 15) is 13.0 Å². The van der Waals surface area contributed by atoms with Crippen LogP contribution >= 0.6 is 11.3 Å². The van der Waals surface area contributed by atoms with Gasteiger partial charge in [0.2, 0.25) is 11.4 Å². The van der Waals surface area contributed by atoms with Crippen molar-refractivity contribution in [3.8, 4) is 5.75 Å². The molecule has 1 aliphatic rings. The zero-order chi connectivity index (χ0) is 29.3. The third kappa shape index (κ3) is 5.57. The quantitative estimate of drug-likeness (QED) is 0.106. The number of allylic oxidation sites excluding steroid dienone is 4. The van der Waals surface area contributed by atoms with Crippen LogP contribution in [0.5, 0.6) is 5.75 Å². The van der Waals surface area contributed by atoms with Crippen LogP contribution in [0.4, 0.5) is 5.69 Å². The second-order valence-corrected chi connectivity index (χ2v) is 12.9. The molecule has 2 heterocycles. The van der Waals surface area contributed by atoms with Gasteiger partial charge in [-0.3, -0.25) is 4.55 Å². The van der Waals surface area contributed by atoms with E-state index < -0.39 is 10.1 Å². The van der Waals surface area contributed by atoms with Crippen LogP contribution in [0, 0.1) is 0 Å². The number of aromatic nitrogens is 1. The molecule has 0 saturated carbocycles. The Kier molecular flexibility index (Phi) is 7.86. The molecular weight excluding hydrogens is 565 g/mol. The van der Waals surface area contributed by atoms with Gasteiger partial charge in [0.1, 0.15) is 11.2 Å². The Morgan fingerprint density at radius 1 is 0.976 bits per heavy atom. The van der Waals surface area contributed by atoms with Gasteiger partial charge < -0.3 is 9.64 Å². The van der Waals surface area contributed by atoms with Crippen molar-refractivity contribution in [1.82, 2.24) is 0 Å². The molecule has 42 heavy (non-hydrogen) atoms. The SMILES string of the molecule is CCC(C=Cc1sc2ccc3ccccc3c2[n+]1CC)=CC=C1Oc2ccc3ccccc3c2N1CCCS(=O)(=O)O. The highest BCUT2D eigenvalue weighted by atomic mass is 32.2. The van der Waals surface area contributed by atoms with E-state index in [1.807, 2.05) is 47.4 Å². The summed E-state index contributed by atoms with van der Waals surface area (Å²) in [5.41, 5.74) is 3.32. The number of nitrogens with zero attached hydrogens (tertiary/aromatic N) is 2. The fourth-order valence-electron chi connectivity index (χ4n) is 5.58. The molecule has 6 rings (SSSR count). The highest BCUT2D eigenvalue weighted by Gasteiger charge is 2.28. The third-order valence-electron chi connectivity index (χ3n) is 7.62. The first-order chi connectivity index (χ1) is 20.4. The zero-order valence-corrected chi connectivity index (χ0v) is 25.3. The van der Waals surface area contributed by atoms with E-state index >= 15 is 0 Å². The van der Waals surface area contributed by atoms with Gasteiger partial charge >= 0.3 is 0 Å². The second-order valence-electron chi connectivity index (χ2n) is 10.3. The van der Waals surface area contributed by atoms with Gasteiger partial charge in [0.15, 0.2) is 5.75 Å². The summed E-state index contributed by atoms with van der Waals surface area (Å²) in [4.78, 5) is 2.01. The van der Waals surface area contributed by atoms with Crippen LogP contribution < -0.4 is 14.2 Å². The molecule has 0 bridgehead atoms. The van der Waals surface area contributed by atoms with Gasteiger partial charge in [0.25, 0.3) is 15.1 Å². The third-order valence-corrected chi connectivity index (χ3v) is 9.54. The van der Waals surface area contributed by atoms with Crippen LogP contribution in [-0.2, 0) is 16.7 Å². The molecule has 0 amide bonds. The standard InChI is InChI=1S/C34H32N2O4S2/c1-3-24(15-21-32-35(4-2)34-28-13-8-6-11-26(28)17-19-30(34)41-32)14-20-31-36(22-9-23-42(37,38)39)33-27-12-7-5-10-25(27)16-18-29(33)40-31/h5-8,10-21H,3-4,9,22-23H2,1-2H3/p+1. The Morgan fingerprint density at radius 2 is 1.69 bits per heavy atom. The lowest BCUT2D eigenvalue weighted by atomic mass is 10.1. The Hall–Kier alpha value is -3.98. The normalized spacial score (nSPS) is 15.0. The fraction of sp³-hybridized carbons (Fsp3) is 0.206. The fourth-order valence-corrected chi connectivity index (χ4v) is 7.22. The predicted molar refractivity (Wildman–Crippen MR) is 174 cm³/mol. The number of ether oxygens (including phenoxy) is 1. The smallest absolute Gasteiger partial charge is 0.264 e. The highest BCUT2D eigenvalue weighted by Crippen LogP contribution is 2.44. The summed E-state index contributed by atoms with van der Waals surface area (Å²) < 4.78 is 42.1. The topological polar surface area (TPSA) is 70.7 Å². The number of fused-ring (bicyclic) bond motifs is 6. The lowest BCUT2D eigenvalue weighted by Gasteiger charge is -2.19. The Balaban J connectivity index is 1.34. The molecule has 0 aliphatic carbocycles. The summed E-state index contributed by atoms with van der Waals surface area (Å²) in [6, 6.07) is 25.0. The van der Waals surface area contributed by atoms with E-state index in [1.54, 1.807) is 11.3 Å². The first kappa shape index (κ1) is 28.2. The van der Waals surface area contributed by atoms with Gasteiger partial charge in [-0.2, -0.15) is 13.0 Å². The molecule has 0 atom stereocenters. The van der Waals surface area contributed by atoms with Crippen molar-refractivity contribution in [3.63, 3.8) is 0 Å².